The van der Waals surface area contributed by atoms with Crippen LogP contribution in [0.2, 0.25) is 0 Å². The molecule has 0 bridgehead atoms. The summed E-state index contributed by atoms with van der Waals surface area (Å²) in [6, 6.07) is 6.32. The molecule has 0 aliphatic heterocycles. The average molecular weight is 190 g/mol. The Balaban J connectivity index is 2.83. The minimum Gasteiger partial charge on any atom is -0.288 e. The summed E-state index contributed by atoms with van der Waals surface area (Å²) in [7, 11) is 0. The van der Waals surface area contributed by atoms with E-state index in [-0.39, 0.29) is 5.69 Å². The van der Waals surface area contributed by atoms with Gasteiger partial charge in [-0.3, -0.25) is 15.1 Å². The summed E-state index contributed by atoms with van der Waals surface area (Å²) in [4.78, 5) is 14.0. The van der Waals surface area contributed by atoms with E-state index in [1.807, 2.05) is 0 Å². The highest BCUT2D eigenvalue weighted by molar-refractivity contribution is 5.80. The van der Waals surface area contributed by atoms with Crippen molar-refractivity contribution >= 4 is 11.9 Å². The fourth-order valence-corrected chi connectivity index (χ4v) is 0.951. The Kier molecular flexibility index (Phi) is 3.55. The number of non-ortho nitro benzene ring substituents is 1. The SMILES string of the molecule is C=CCN=Cc1cccc([N+](=O)[O-])c1. The summed E-state index contributed by atoms with van der Waals surface area (Å²) >= 11 is 0. The number of hydrogen-bond donors (Lipinski definition) is 0. The van der Waals surface area contributed by atoms with Crippen LogP contribution >= 0.6 is 0 Å². The van der Waals surface area contributed by atoms with Gasteiger partial charge in [0.2, 0.25) is 0 Å². The highest BCUT2D eigenvalue weighted by atomic mass is 16.6. The van der Waals surface area contributed by atoms with Crippen molar-refractivity contribution in [1.29, 1.82) is 0 Å². The van der Waals surface area contributed by atoms with E-state index in [2.05, 4.69) is 11.6 Å². The first kappa shape index (κ1) is 10.1. The largest absolute Gasteiger partial charge is 0.288 e. The Labute approximate surface area is 81.7 Å². The highest BCUT2D eigenvalue weighted by Gasteiger charge is 2.03. The number of nitro benzene ring substituents is 1. The standard InChI is InChI=1S/C10H10N2O2/c1-2-6-11-8-9-4-3-5-10(7-9)12(13)14/h2-5,7-8H,1,6H2. The van der Waals surface area contributed by atoms with Gasteiger partial charge in [0, 0.05) is 18.3 Å². The lowest BCUT2D eigenvalue weighted by molar-refractivity contribution is -0.384. The van der Waals surface area contributed by atoms with Crippen LogP contribution < -0.4 is 0 Å². The molecule has 0 N–H and O–H groups in total. The van der Waals surface area contributed by atoms with Crippen LogP contribution in [0.1, 0.15) is 5.56 Å². The van der Waals surface area contributed by atoms with Gasteiger partial charge in [0.05, 0.1) is 11.5 Å². The van der Waals surface area contributed by atoms with Crippen LogP contribution in [0.15, 0.2) is 41.9 Å². The van der Waals surface area contributed by atoms with E-state index in [0.717, 1.165) is 5.56 Å². The maximum Gasteiger partial charge on any atom is 0.270 e. The zero-order chi connectivity index (χ0) is 10.4. The van der Waals surface area contributed by atoms with E-state index >= 15 is 0 Å². The summed E-state index contributed by atoms with van der Waals surface area (Å²) in [6.45, 7) is 4.03. The number of nitro groups is 1. The predicted molar refractivity (Wildman–Crippen MR) is 55.8 cm³/mol. The van der Waals surface area contributed by atoms with Gasteiger partial charge in [0.25, 0.3) is 5.69 Å². The summed E-state index contributed by atoms with van der Waals surface area (Å²) in [6.07, 6.45) is 3.25. The van der Waals surface area contributed by atoms with Crippen LogP contribution in [0.4, 0.5) is 5.69 Å². The van der Waals surface area contributed by atoms with E-state index in [9.17, 15) is 10.1 Å². The van der Waals surface area contributed by atoms with Crippen molar-refractivity contribution in [3.05, 3.63) is 52.6 Å². The van der Waals surface area contributed by atoms with Gasteiger partial charge in [-0.05, 0) is 5.56 Å². The van der Waals surface area contributed by atoms with Gasteiger partial charge in [0.15, 0.2) is 0 Å². The molecule has 1 rings (SSSR count). The third-order valence-electron chi connectivity index (χ3n) is 1.56. The third kappa shape index (κ3) is 2.82. The highest BCUT2D eigenvalue weighted by Crippen LogP contribution is 2.11. The van der Waals surface area contributed by atoms with E-state index < -0.39 is 4.92 Å². The molecule has 0 atom stereocenters. The molecule has 4 heteroatoms. The molecule has 0 spiro atoms. The van der Waals surface area contributed by atoms with Crippen molar-refractivity contribution in [3.8, 4) is 0 Å². The van der Waals surface area contributed by atoms with Crippen molar-refractivity contribution in [3.63, 3.8) is 0 Å². The van der Waals surface area contributed by atoms with Gasteiger partial charge in [0.1, 0.15) is 0 Å². The van der Waals surface area contributed by atoms with Gasteiger partial charge in [-0.1, -0.05) is 18.2 Å². The number of aliphatic imine (C=N–C) groups is 1. The minimum atomic E-state index is -0.426. The summed E-state index contributed by atoms with van der Waals surface area (Å²) in [5.41, 5.74) is 0.800. The molecular formula is C10H10N2O2. The molecule has 0 unspecified atom stereocenters. The Hall–Kier alpha value is -1.97. The maximum atomic E-state index is 10.4. The van der Waals surface area contributed by atoms with Gasteiger partial charge in [-0.25, -0.2) is 0 Å². The van der Waals surface area contributed by atoms with E-state index in [1.54, 1.807) is 24.4 Å². The summed E-state index contributed by atoms with van der Waals surface area (Å²) < 4.78 is 0. The van der Waals surface area contributed by atoms with Crippen LogP contribution in [0.5, 0.6) is 0 Å². The molecular weight excluding hydrogens is 180 g/mol. The number of rotatable bonds is 4. The summed E-state index contributed by atoms with van der Waals surface area (Å²) in [5, 5.41) is 10.4. The van der Waals surface area contributed by atoms with E-state index in [1.165, 1.54) is 12.1 Å². The molecule has 0 aliphatic carbocycles. The first-order valence-electron chi connectivity index (χ1n) is 4.09. The quantitative estimate of drug-likeness (QED) is 0.316. The lowest BCUT2D eigenvalue weighted by Crippen LogP contribution is -1.89. The fraction of sp³-hybridized carbons (Fsp3) is 0.100. The van der Waals surface area contributed by atoms with Gasteiger partial charge in [-0.15, -0.1) is 6.58 Å². The maximum absolute atomic E-state index is 10.4. The molecule has 0 saturated carbocycles. The molecule has 0 saturated heterocycles. The summed E-state index contributed by atoms with van der Waals surface area (Å²) in [5.74, 6) is 0. The number of hydrogen-bond acceptors (Lipinski definition) is 3. The predicted octanol–water partition coefficient (Wildman–Crippen LogP) is 2.20. The van der Waals surface area contributed by atoms with Crippen LogP contribution in [-0.4, -0.2) is 17.7 Å². The molecule has 0 fully saturated rings. The Morgan fingerprint density at radius 1 is 1.57 bits per heavy atom. The second kappa shape index (κ2) is 4.91. The molecule has 14 heavy (non-hydrogen) atoms. The van der Waals surface area contributed by atoms with Crippen molar-refractivity contribution in [2.24, 2.45) is 4.99 Å². The van der Waals surface area contributed by atoms with Crippen molar-refractivity contribution in [2.75, 3.05) is 6.54 Å². The van der Waals surface area contributed by atoms with Crippen LogP contribution in [0.3, 0.4) is 0 Å². The normalized spacial score (nSPS) is 10.3. The second-order valence-corrected chi connectivity index (χ2v) is 2.64. The minimum absolute atomic E-state index is 0.0764. The van der Waals surface area contributed by atoms with Gasteiger partial charge >= 0.3 is 0 Å². The molecule has 1 aromatic rings. The van der Waals surface area contributed by atoms with Crippen LogP contribution in [0.25, 0.3) is 0 Å². The Morgan fingerprint density at radius 2 is 2.36 bits per heavy atom. The second-order valence-electron chi connectivity index (χ2n) is 2.64. The smallest absolute Gasteiger partial charge is 0.270 e. The first-order valence-corrected chi connectivity index (χ1v) is 4.09. The number of benzene rings is 1. The zero-order valence-corrected chi connectivity index (χ0v) is 7.59. The monoisotopic (exact) mass is 190 g/mol. The van der Waals surface area contributed by atoms with Crippen molar-refractivity contribution in [2.45, 2.75) is 0 Å². The molecule has 4 nitrogen and oxygen atoms in total. The fourth-order valence-electron chi connectivity index (χ4n) is 0.951. The molecule has 0 aromatic heterocycles. The van der Waals surface area contributed by atoms with Gasteiger partial charge < -0.3 is 0 Å². The lowest BCUT2D eigenvalue weighted by atomic mass is 10.2. The van der Waals surface area contributed by atoms with Crippen molar-refractivity contribution in [1.82, 2.24) is 0 Å². The zero-order valence-electron chi connectivity index (χ0n) is 7.59. The topological polar surface area (TPSA) is 55.5 Å². The first-order chi connectivity index (χ1) is 6.74. The molecule has 0 heterocycles. The molecule has 0 amide bonds. The molecule has 0 radical (unpaired) electrons. The molecule has 0 aliphatic rings. The third-order valence-corrected chi connectivity index (χ3v) is 1.56. The van der Waals surface area contributed by atoms with Gasteiger partial charge in [-0.2, -0.15) is 0 Å². The Bertz CT molecular complexity index is 372. The Morgan fingerprint density at radius 3 is 3.00 bits per heavy atom. The van der Waals surface area contributed by atoms with E-state index in [0.29, 0.717) is 6.54 Å². The molecule has 1 aromatic carbocycles. The number of nitrogens with zero attached hydrogens (tertiary/aromatic N) is 2. The van der Waals surface area contributed by atoms with Crippen LogP contribution in [0, 0.1) is 10.1 Å². The molecule has 72 valence electrons. The van der Waals surface area contributed by atoms with Crippen LogP contribution in [-0.2, 0) is 0 Å². The average Bonchev–Trinajstić information content (AvgIpc) is 2.19. The van der Waals surface area contributed by atoms with Crippen molar-refractivity contribution < 1.29 is 4.92 Å². The lowest BCUT2D eigenvalue weighted by Gasteiger charge is -1.92. The van der Waals surface area contributed by atoms with E-state index in [4.69, 9.17) is 0 Å².